The van der Waals surface area contributed by atoms with Crippen molar-refractivity contribution in [3.8, 4) is 33.9 Å². The Morgan fingerprint density at radius 2 is 1.44 bits per heavy atom. The average molecular weight is 355 g/mol. The highest BCUT2D eigenvalue weighted by atomic mass is 16.6. The molecule has 0 aliphatic carbocycles. The van der Waals surface area contributed by atoms with Crippen molar-refractivity contribution in [2.75, 3.05) is 0 Å². The number of aromatic amines is 1. The summed E-state index contributed by atoms with van der Waals surface area (Å²) in [7, 11) is 0. The molecule has 4 aromatic rings. The summed E-state index contributed by atoms with van der Waals surface area (Å²) >= 11 is 0. The highest BCUT2D eigenvalue weighted by Gasteiger charge is 2.16. The molecule has 0 saturated carbocycles. The van der Waals surface area contributed by atoms with Crippen LogP contribution in [-0.2, 0) is 0 Å². The van der Waals surface area contributed by atoms with Crippen LogP contribution in [0.2, 0.25) is 0 Å². The zero-order valence-corrected chi connectivity index (χ0v) is 14.7. The Labute approximate surface area is 156 Å². The van der Waals surface area contributed by atoms with E-state index in [1.54, 1.807) is 12.1 Å². The Balaban J connectivity index is 1.86. The number of non-ortho nitro benzene ring substituents is 1. The second-order valence-corrected chi connectivity index (χ2v) is 6.35. The van der Waals surface area contributed by atoms with E-state index < -0.39 is 4.92 Å². The third-order valence-electron chi connectivity index (χ3n) is 4.44. The summed E-state index contributed by atoms with van der Waals surface area (Å²) in [6.45, 7) is 2.05. The maximum atomic E-state index is 10.9. The van der Waals surface area contributed by atoms with Crippen molar-refractivity contribution in [3.63, 3.8) is 0 Å². The molecule has 5 nitrogen and oxygen atoms in total. The van der Waals surface area contributed by atoms with Crippen LogP contribution in [-0.4, -0.2) is 14.9 Å². The van der Waals surface area contributed by atoms with Gasteiger partial charge in [-0.05, 0) is 19.1 Å². The number of H-pyrrole nitrogens is 1. The van der Waals surface area contributed by atoms with Crippen LogP contribution in [0.25, 0.3) is 33.9 Å². The lowest BCUT2D eigenvalue weighted by Crippen LogP contribution is -1.88. The highest BCUT2D eigenvalue weighted by molar-refractivity contribution is 5.81. The third-order valence-corrected chi connectivity index (χ3v) is 4.44. The lowest BCUT2D eigenvalue weighted by molar-refractivity contribution is -0.384. The number of rotatable bonds is 4. The van der Waals surface area contributed by atoms with Gasteiger partial charge < -0.3 is 4.98 Å². The van der Waals surface area contributed by atoms with Gasteiger partial charge >= 0.3 is 0 Å². The van der Waals surface area contributed by atoms with Crippen molar-refractivity contribution in [1.82, 2.24) is 9.97 Å². The molecule has 0 amide bonds. The Kier molecular flexibility index (Phi) is 4.26. The normalized spacial score (nSPS) is 10.7. The minimum Gasteiger partial charge on any atom is -0.337 e. The number of aryl methyl sites for hydroxylation is 1. The van der Waals surface area contributed by atoms with E-state index in [0.29, 0.717) is 0 Å². The van der Waals surface area contributed by atoms with Gasteiger partial charge in [-0.2, -0.15) is 0 Å². The van der Waals surface area contributed by atoms with Crippen molar-refractivity contribution in [2.24, 2.45) is 0 Å². The maximum absolute atomic E-state index is 10.9. The first-order valence-corrected chi connectivity index (χ1v) is 8.59. The zero-order chi connectivity index (χ0) is 18.8. The minimum atomic E-state index is -0.396. The molecule has 0 spiro atoms. The molecule has 5 heteroatoms. The Morgan fingerprint density at radius 1 is 0.815 bits per heavy atom. The van der Waals surface area contributed by atoms with Crippen LogP contribution in [0.3, 0.4) is 0 Å². The van der Waals surface area contributed by atoms with Gasteiger partial charge in [0.1, 0.15) is 5.82 Å². The zero-order valence-electron chi connectivity index (χ0n) is 14.7. The van der Waals surface area contributed by atoms with E-state index in [0.717, 1.165) is 33.9 Å². The number of imidazole rings is 1. The molecule has 0 bridgehead atoms. The fourth-order valence-electron chi connectivity index (χ4n) is 2.99. The topological polar surface area (TPSA) is 71.8 Å². The standard InChI is InChI=1S/C22H17N3O2/c1-15-7-9-18(10-8-15)22-23-20(16-5-3-2-4-6-16)21(24-22)17-11-13-19(14-12-17)25(26)27/h2-14H,1H3,(H,23,24). The molecule has 1 N–H and O–H groups in total. The van der Waals surface area contributed by atoms with Gasteiger partial charge in [0.15, 0.2) is 0 Å². The SMILES string of the molecule is Cc1ccc(-c2nc(-c3ccccc3)c(-c3ccc([N+](=O)[O-])cc3)[nH]2)cc1. The summed E-state index contributed by atoms with van der Waals surface area (Å²) in [4.78, 5) is 18.8. The van der Waals surface area contributed by atoms with Crippen LogP contribution in [0, 0.1) is 17.0 Å². The van der Waals surface area contributed by atoms with Crippen LogP contribution in [0.1, 0.15) is 5.56 Å². The Morgan fingerprint density at radius 3 is 2.07 bits per heavy atom. The van der Waals surface area contributed by atoms with Gasteiger partial charge in [0.05, 0.1) is 16.3 Å². The second kappa shape index (κ2) is 6.88. The van der Waals surface area contributed by atoms with Gasteiger partial charge in [-0.3, -0.25) is 10.1 Å². The first kappa shape index (κ1) is 16.7. The van der Waals surface area contributed by atoms with Crippen molar-refractivity contribution in [1.29, 1.82) is 0 Å². The molecule has 0 aliphatic rings. The maximum Gasteiger partial charge on any atom is 0.269 e. The molecule has 0 saturated heterocycles. The quantitative estimate of drug-likeness (QED) is 0.381. The monoisotopic (exact) mass is 355 g/mol. The first-order chi connectivity index (χ1) is 13.1. The molecule has 3 aromatic carbocycles. The predicted molar refractivity (Wildman–Crippen MR) is 106 cm³/mol. The first-order valence-electron chi connectivity index (χ1n) is 8.59. The van der Waals surface area contributed by atoms with E-state index in [-0.39, 0.29) is 5.69 Å². The molecule has 4 rings (SSSR count). The third kappa shape index (κ3) is 3.35. The number of nitrogens with one attached hydrogen (secondary N) is 1. The molecule has 0 fully saturated rings. The summed E-state index contributed by atoms with van der Waals surface area (Å²) in [5, 5.41) is 10.9. The largest absolute Gasteiger partial charge is 0.337 e. The van der Waals surface area contributed by atoms with Gasteiger partial charge in [0.2, 0.25) is 0 Å². The fourth-order valence-corrected chi connectivity index (χ4v) is 2.99. The Hall–Kier alpha value is -3.73. The number of benzene rings is 3. The number of nitro groups is 1. The summed E-state index contributed by atoms with van der Waals surface area (Å²) in [5.41, 5.74) is 5.74. The fraction of sp³-hybridized carbons (Fsp3) is 0.0455. The summed E-state index contributed by atoms with van der Waals surface area (Å²) in [6.07, 6.45) is 0. The number of nitro benzene ring substituents is 1. The van der Waals surface area contributed by atoms with E-state index in [1.807, 2.05) is 61.5 Å². The van der Waals surface area contributed by atoms with Crippen molar-refractivity contribution >= 4 is 5.69 Å². The molecule has 1 heterocycles. The molecular formula is C22H17N3O2. The molecule has 0 unspecified atom stereocenters. The van der Waals surface area contributed by atoms with E-state index >= 15 is 0 Å². The van der Waals surface area contributed by atoms with Crippen LogP contribution in [0.5, 0.6) is 0 Å². The lowest BCUT2D eigenvalue weighted by Gasteiger charge is -2.03. The van der Waals surface area contributed by atoms with Gasteiger partial charge in [0, 0.05) is 28.8 Å². The van der Waals surface area contributed by atoms with Crippen LogP contribution < -0.4 is 0 Å². The average Bonchev–Trinajstić information content (AvgIpc) is 3.15. The summed E-state index contributed by atoms with van der Waals surface area (Å²) in [5.74, 6) is 0.766. The molecular weight excluding hydrogens is 338 g/mol. The van der Waals surface area contributed by atoms with Crippen molar-refractivity contribution in [3.05, 3.63) is 94.5 Å². The van der Waals surface area contributed by atoms with Crippen molar-refractivity contribution < 1.29 is 4.92 Å². The van der Waals surface area contributed by atoms with Crippen LogP contribution in [0.4, 0.5) is 5.69 Å². The second-order valence-electron chi connectivity index (χ2n) is 6.35. The van der Waals surface area contributed by atoms with E-state index in [2.05, 4.69) is 4.98 Å². The number of nitrogens with zero attached hydrogens (tertiary/aromatic N) is 2. The molecule has 0 radical (unpaired) electrons. The smallest absolute Gasteiger partial charge is 0.269 e. The number of hydrogen-bond acceptors (Lipinski definition) is 3. The Bertz CT molecular complexity index is 1080. The minimum absolute atomic E-state index is 0.0679. The van der Waals surface area contributed by atoms with Crippen LogP contribution >= 0.6 is 0 Å². The molecule has 132 valence electrons. The van der Waals surface area contributed by atoms with Gasteiger partial charge in [0.25, 0.3) is 5.69 Å². The molecule has 27 heavy (non-hydrogen) atoms. The van der Waals surface area contributed by atoms with Gasteiger partial charge in [-0.15, -0.1) is 0 Å². The molecule has 1 aromatic heterocycles. The lowest BCUT2D eigenvalue weighted by atomic mass is 10.0. The molecule has 0 atom stereocenters. The van der Waals surface area contributed by atoms with Gasteiger partial charge in [-0.1, -0.05) is 60.2 Å². The van der Waals surface area contributed by atoms with Crippen LogP contribution in [0.15, 0.2) is 78.9 Å². The van der Waals surface area contributed by atoms with Crippen molar-refractivity contribution in [2.45, 2.75) is 6.92 Å². The van der Waals surface area contributed by atoms with E-state index in [9.17, 15) is 10.1 Å². The van der Waals surface area contributed by atoms with E-state index in [4.69, 9.17) is 4.98 Å². The van der Waals surface area contributed by atoms with E-state index in [1.165, 1.54) is 17.7 Å². The number of aromatic nitrogens is 2. The summed E-state index contributed by atoms with van der Waals surface area (Å²) < 4.78 is 0. The highest BCUT2D eigenvalue weighted by Crippen LogP contribution is 2.33. The van der Waals surface area contributed by atoms with Gasteiger partial charge in [-0.25, -0.2) is 4.98 Å². The predicted octanol–water partition coefficient (Wildman–Crippen LogP) is 5.63. The number of hydrogen-bond donors (Lipinski definition) is 1. The molecule has 0 aliphatic heterocycles. The summed E-state index contributed by atoms with van der Waals surface area (Å²) in [6, 6.07) is 24.6.